The fourth-order valence-electron chi connectivity index (χ4n) is 0.935. The van der Waals surface area contributed by atoms with Gasteiger partial charge < -0.3 is 4.42 Å². The molecular weight excluding hydrogens is 208 g/mol. The van der Waals surface area contributed by atoms with E-state index in [0.29, 0.717) is 5.88 Å². The minimum Gasteiger partial charge on any atom is -0.462 e. The van der Waals surface area contributed by atoms with Gasteiger partial charge in [0.15, 0.2) is 10.8 Å². The second-order valence-electron chi connectivity index (χ2n) is 2.42. The second-order valence-corrected chi connectivity index (χ2v) is 3.86. The van der Waals surface area contributed by atoms with E-state index in [1.54, 1.807) is 6.26 Å². The van der Waals surface area contributed by atoms with E-state index in [9.17, 15) is 0 Å². The zero-order valence-electron chi connectivity index (χ0n) is 6.74. The summed E-state index contributed by atoms with van der Waals surface area (Å²) < 4.78 is 5.19. The molecule has 5 heteroatoms. The van der Waals surface area contributed by atoms with Gasteiger partial charge in [-0.2, -0.15) is 0 Å². The number of aromatic nitrogens is 2. The summed E-state index contributed by atoms with van der Waals surface area (Å²) in [5, 5.41) is 9.74. The molecule has 2 aromatic heterocycles. The SMILES string of the molecule is ClCCc1nnc(-c2ccco2)s1. The van der Waals surface area contributed by atoms with E-state index < -0.39 is 0 Å². The molecule has 0 aromatic carbocycles. The Balaban J connectivity index is 2.23. The number of halogens is 1. The van der Waals surface area contributed by atoms with Crippen molar-refractivity contribution in [3.8, 4) is 10.8 Å². The molecule has 0 atom stereocenters. The Labute approximate surface area is 84.4 Å². The van der Waals surface area contributed by atoms with Crippen LogP contribution in [0.2, 0.25) is 0 Å². The molecule has 2 aromatic rings. The highest BCUT2D eigenvalue weighted by Crippen LogP contribution is 2.23. The zero-order valence-corrected chi connectivity index (χ0v) is 8.31. The fraction of sp³-hybridized carbons (Fsp3) is 0.250. The Bertz CT molecular complexity index is 371. The molecule has 0 bridgehead atoms. The standard InChI is InChI=1S/C8H7ClN2OS/c9-4-3-7-10-11-8(13-7)6-2-1-5-12-6/h1-2,5H,3-4H2. The highest BCUT2D eigenvalue weighted by atomic mass is 35.5. The van der Waals surface area contributed by atoms with Crippen LogP contribution in [0.25, 0.3) is 10.8 Å². The van der Waals surface area contributed by atoms with E-state index in [-0.39, 0.29) is 0 Å². The van der Waals surface area contributed by atoms with Crippen molar-refractivity contribution in [2.75, 3.05) is 5.88 Å². The molecule has 3 nitrogen and oxygen atoms in total. The van der Waals surface area contributed by atoms with Crippen LogP contribution in [0.3, 0.4) is 0 Å². The molecule has 0 aliphatic rings. The second kappa shape index (κ2) is 3.89. The van der Waals surface area contributed by atoms with Gasteiger partial charge in [0.25, 0.3) is 0 Å². The predicted molar refractivity (Wildman–Crippen MR) is 52.0 cm³/mol. The van der Waals surface area contributed by atoms with Gasteiger partial charge in [0.2, 0.25) is 0 Å². The number of rotatable bonds is 3. The Morgan fingerprint density at radius 1 is 1.46 bits per heavy atom. The number of nitrogens with zero attached hydrogens (tertiary/aromatic N) is 2. The molecule has 0 aliphatic heterocycles. The topological polar surface area (TPSA) is 38.9 Å². The molecule has 0 saturated carbocycles. The van der Waals surface area contributed by atoms with Crippen LogP contribution in [0.4, 0.5) is 0 Å². The maximum absolute atomic E-state index is 5.59. The highest BCUT2D eigenvalue weighted by Gasteiger charge is 2.07. The lowest BCUT2D eigenvalue weighted by atomic mass is 10.5. The average molecular weight is 215 g/mol. The Morgan fingerprint density at radius 2 is 2.38 bits per heavy atom. The van der Waals surface area contributed by atoms with Gasteiger partial charge in [-0.1, -0.05) is 11.3 Å². The molecule has 0 saturated heterocycles. The van der Waals surface area contributed by atoms with Crippen molar-refractivity contribution in [3.05, 3.63) is 23.4 Å². The summed E-state index contributed by atoms with van der Waals surface area (Å²) in [5.74, 6) is 1.34. The first-order valence-electron chi connectivity index (χ1n) is 3.82. The van der Waals surface area contributed by atoms with E-state index >= 15 is 0 Å². The van der Waals surface area contributed by atoms with Crippen molar-refractivity contribution in [3.63, 3.8) is 0 Å². The molecular formula is C8H7ClN2OS. The third-order valence-corrected chi connectivity index (χ3v) is 2.69. The van der Waals surface area contributed by atoms with Crippen LogP contribution in [0.5, 0.6) is 0 Å². The summed E-state index contributed by atoms with van der Waals surface area (Å²) in [6, 6.07) is 3.70. The lowest BCUT2D eigenvalue weighted by molar-refractivity contribution is 0.581. The number of hydrogen-bond acceptors (Lipinski definition) is 4. The van der Waals surface area contributed by atoms with Crippen molar-refractivity contribution < 1.29 is 4.42 Å². The summed E-state index contributed by atoms with van der Waals surface area (Å²) in [6.45, 7) is 0. The quantitative estimate of drug-likeness (QED) is 0.738. The van der Waals surface area contributed by atoms with Crippen LogP contribution >= 0.6 is 22.9 Å². The van der Waals surface area contributed by atoms with E-state index in [4.69, 9.17) is 16.0 Å². The summed E-state index contributed by atoms with van der Waals surface area (Å²) in [6.07, 6.45) is 2.39. The first kappa shape index (κ1) is 8.72. The van der Waals surface area contributed by atoms with Gasteiger partial charge in [0, 0.05) is 12.3 Å². The van der Waals surface area contributed by atoms with Gasteiger partial charge in [0.1, 0.15) is 5.01 Å². The lowest BCUT2D eigenvalue weighted by Gasteiger charge is -1.84. The van der Waals surface area contributed by atoms with Crippen LogP contribution in [0.15, 0.2) is 22.8 Å². The Kier molecular flexibility index (Phi) is 2.61. The monoisotopic (exact) mass is 214 g/mol. The molecule has 0 aliphatic carbocycles. The van der Waals surface area contributed by atoms with Crippen LogP contribution < -0.4 is 0 Å². The molecule has 0 N–H and O–H groups in total. The third-order valence-electron chi connectivity index (χ3n) is 1.51. The maximum atomic E-state index is 5.59. The van der Waals surface area contributed by atoms with Gasteiger partial charge in [-0.3, -0.25) is 0 Å². The van der Waals surface area contributed by atoms with Crippen molar-refractivity contribution in [1.82, 2.24) is 10.2 Å². The van der Waals surface area contributed by atoms with Crippen molar-refractivity contribution >= 4 is 22.9 Å². The predicted octanol–water partition coefficient (Wildman–Crippen LogP) is 2.58. The van der Waals surface area contributed by atoms with Crippen molar-refractivity contribution in [1.29, 1.82) is 0 Å². The number of aryl methyl sites for hydroxylation is 1. The van der Waals surface area contributed by atoms with Gasteiger partial charge >= 0.3 is 0 Å². The fourth-order valence-corrected chi connectivity index (χ4v) is 2.03. The highest BCUT2D eigenvalue weighted by molar-refractivity contribution is 7.14. The largest absolute Gasteiger partial charge is 0.462 e. The van der Waals surface area contributed by atoms with E-state index in [1.165, 1.54) is 11.3 Å². The van der Waals surface area contributed by atoms with Gasteiger partial charge in [-0.05, 0) is 12.1 Å². The summed E-state index contributed by atoms with van der Waals surface area (Å²) in [7, 11) is 0. The van der Waals surface area contributed by atoms with Crippen molar-refractivity contribution in [2.45, 2.75) is 6.42 Å². The first-order valence-corrected chi connectivity index (χ1v) is 5.17. The minimum atomic E-state index is 0.576. The molecule has 2 heterocycles. The third kappa shape index (κ3) is 1.89. The lowest BCUT2D eigenvalue weighted by Crippen LogP contribution is -1.82. The van der Waals surface area contributed by atoms with Gasteiger partial charge in [-0.25, -0.2) is 0 Å². The Morgan fingerprint density at radius 3 is 3.08 bits per heavy atom. The molecule has 13 heavy (non-hydrogen) atoms. The molecule has 0 spiro atoms. The van der Waals surface area contributed by atoms with Crippen molar-refractivity contribution in [2.24, 2.45) is 0 Å². The van der Waals surface area contributed by atoms with Crippen LogP contribution in [0, 0.1) is 0 Å². The normalized spacial score (nSPS) is 10.5. The zero-order chi connectivity index (χ0) is 9.10. The van der Waals surface area contributed by atoms with Crippen LogP contribution in [0.1, 0.15) is 5.01 Å². The molecule has 0 amide bonds. The molecule has 2 rings (SSSR count). The van der Waals surface area contributed by atoms with Gasteiger partial charge in [-0.15, -0.1) is 21.8 Å². The van der Waals surface area contributed by atoms with E-state index in [2.05, 4.69) is 10.2 Å². The summed E-state index contributed by atoms with van der Waals surface area (Å²) in [4.78, 5) is 0. The summed E-state index contributed by atoms with van der Waals surface area (Å²) >= 11 is 7.10. The van der Waals surface area contributed by atoms with E-state index in [1.807, 2.05) is 12.1 Å². The summed E-state index contributed by atoms with van der Waals surface area (Å²) in [5.41, 5.74) is 0. The maximum Gasteiger partial charge on any atom is 0.183 e. The number of furan rings is 1. The number of hydrogen-bond donors (Lipinski definition) is 0. The molecule has 68 valence electrons. The molecule has 0 radical (unpaired) electrons. The van der Waals surface area contributed by atoms with E-state index in [0.717, 1.165) is 22.2 Å². The van der Waals surface area contributed by atoms with Crippen LogP contribution in [-0.2, 0) is 6.42 Å². The Hall–Kier alpha value is -0.870. The average Bonchev–Trinajstić information content (AvgIpc) is 2.70. The van der Waals surface area contributed by atoms with Crippen LogP contribution in [-0.4, -0.2) is 16.1 Å². The minimum absolute atomic E-state index is 0.576. The number of alkyl halides is 1. The van der Waals surface area contributed by atoms with Gasteiger partial charge in [0.05, 0.1) is 6.26 Å². The molecule has 0 fully saturated rings. The smallest absolute Gasteiger partial charge is 0.183 e. The molecule has 0 unspecified atom stereocenters. The first-order chi connectivity index (χ1) is 6.40.